The number of anilines is 3. The molecule has 1 aliphatic rings. The lowest BCUT2D eigenvalue weighted by Gasteiger charge is -2.36. The third-order valence-corrected chi connectivity index (χ3v) is 5.36. The predicted molar refractivity (Wildman–Crippen MR) is 138 cm³/mol. The zero-order chi connectivity index (χ0) is 26.6. The van der Waals surface area contributed by atoms with Crippen molar-refractivity contribution in [2.45, 2.75) is 18.3 Å². The SMILES string of the molecule is O=C(Nc1ccccc1)OC[C@@H]1OCO[C@H](COC(=O)Nc2ccccc2)C1OC(=O)Nc1ccccc1. The molecular weight excluding hydrogens is 494 g/mol. The first-order valence-corrected chi connectivity index (χ1v) is 11.8. The molecule has 0 aliphatic carbocycles. The first kappa shape index (κ1) is 26.5. The number of benzene rings is 3. The van der Waals surface area contributed by atoms with Crippen LogP contribution in [0.15, 0.2) is 91.0 Å². The molecule has 3 N–H and O–H groups in total. The molecule has 3 atom stereocenters. The van der Waals surface area contributed by atoms with E-state index < -0.39 is 36.6 Å². The first-order valence-electron chi connectivity index (χ1n) is 11.8. The van der Waals surface area contributed by atoms with Gasteiger partial charge in [0, 0.05) is 17.1 Å². The zero-order valence-electron chi connectivity index (χ0n) is 20.3. The summed E-state index contributed by atoms with van der Waals surface area (Å²) < 4.78 is 27.4. The van der Waals surface area contributed by atoms with Crippen LogP contribution in [0.5, 0.6) is 0 Å². The molecule has 0 saturated carbocycles. The van der Waals surface area contributed by atoms with Gasteiger partial charge >= 0.3 is 18.3 Å². The standard InChI is InChI=1S/C27H27N3O8/c31-25(28-19-10-4-1-5-11-19)34-16-22-24(38-27(33)30-21-14-8-3-9-15-21)23(37-18-36-22)17-35-26(32)29-20-12-6-2-7-13-20/h1-15,22-24H,16-18H2,(H,28,31)(H,29,32)(H,30,33)/t22-,23+,24?. The third-order valence-electron chi connectivity index (χ3n) is 5.36. The van der Waals surface area contributed by atoms with Crippen molar-refractivity contribution >= 4 is 35.3 Å². The maximum Gasteiger partial charge on any atom is 0.412 e. The number of ether oxygens (including phenoxy) is 5. The van der Waals surface area contributed by atoms with Gasteiger partial charge in [0.1, 0.15) is 32.2 Å². The topological polar surface area (TPSA) is 133 Å². The summed E-state index contributed by atoms with van der Waals surface area (Å²) in [5.41, 5.74) is 1.62. The maximum atomic E-state index is 12.6. The fraction of sp³-hybridized carbons (Fsp3) is 0.222. The Morgan fingerprint density at radius 1 is 0.605 bits per heavy atom. The van der Waals surface area contributed by atoms with Gasteiger partial charge in [-0.3, -0.25) is 16.0 Å². The highest BCUT2D eigenvalue weighted by molar-refractivity contribution is 5.85. The van der Waals surface area contributed by atoms with Gasteiger partial charge in [0.25, 0.3) is 0 Å². The van der Waals surface area contributed by atoms with Gasteiger partial charge < -0.3 is 23.7 Å². The van der Waals surface area contributed by atoms with E-state index >= 15 is 0 Å². The Morgan fingerprint density at radius 3 is 1.37 bits per heavy atom. The van der Waals surface area contributed by atoms with E-state index in [0.717, 1.165) is 0 Å². The number of hydrogen-bond donors (Lipinski definition) is 3. The summed E-state index contributed by atoms with van der Waals surface area (Å²) in [6.07, 6.45) is -5.06. The molecule has 1 heterocycles. The number of hydrogen-bond acceptors (Lipinski definition) is 8. The summed E-state index contributed by atoms with van der Waals surface area (Å²) in [6.45, 7) is -0.696. The van der Waals surface area contributed by atoms with E-state index in [-0.39, 0.29) is 20.0 Å². The average molecular weight is 522 g/mol. The van der Waals surface area contributed by atoms with Crippen LogP contribution < -0.4 is 16.0 Å². The summed E-state index contributed by atoms with van der Waals surface area (Å²) in [5.74, 6) is 0. The van der Waals surface area contributed by atoms with E-state index in [9.17, 15) is 14.4 Å². The molecule has 0 bridgehead atoms. The Bertz CT molecular complexity index is 1120. The van der Waals surface area contributed by atoms with E-state index in [0.29, 0.717) is 17.1 Å². The third kappa shape index (κ3) is 8.22. The summed E-state index contributed by atoms with van der Waals surface area (Å²) >= 11 is 0. The van der Waals surface area contributed by atoms with Crippen molar-refractivity contribution in [2.24, 2.45) is 0 Å². The number of amides is 3. The van der Waals surface area contributed by atoms with Gasteiger partial charge in [0.2, 0.25) is 0 Å². The number of carbonyl (C=O) groups is 3. The molecule has 0 radical (unpaired) electrons. The van der Waals surface area contributed by atoms with Crippen LogP contribution in [-0.2, 0) is 23.7 Å². The van der Waals surface area contributed by atoms with Crippen molar-refractivity contribution in [3.8, 4) is 0 Å². The zero-order valence-corrected chi connectivity index (χ0v) is 20.3. The largest absolute Gasteiger partial charge is 0.446 e. The summed E-state index contributed by atoms with van der Waals surface area (Å²) in [7, 11) is 0. The quantitative estimate of drug-likeness (QED) is 0.359. The predicted octanol–water partition coefficient (Wildman–Crippen LogP) is 4.84. The van der Waals surface area contributed by atoms with Crippen molar-refractivity contribution in [2.75, 3.05) is 36.0 Å². The molecule has 4 rings (SSSR count). The first-order chi connectivity index (χ1) is 18.6. The molecule has 1 fully saturated rings. The van der Waals surface area contributed by atoms with E-state index in [1.165, 1.54) is 0 Å². The van der Waals surface area contributed by atoms with Crippen LogP contribution in [-0.4, -0.2) is 56.6 Å². The highest BCUT2D eigenvalue weighted by Gasteiger charge is 2.40. The van der Waals surface area contributed by atoms with Crippen LogP contribution in [0.1, 0.15) is 0 Å². The van der Waals surface area contributed by atoms with Crippen molar-refractivity contribution < 1.29 is 38.1 Å². The monoisotopic (exact) mass is 521 g/mol. The van der Waals surface area contributed by atoms with Crippen LogP contribution >= 0.6 is 0 Å². The smallest absolute Gasteiger partial charge is 0.412 e. The van der Waals surface area contributed by atoms with Crippen molar-refractivity contribution in [3.63, 3.8) is 0 Å². The van der Waals surface area contributed by atoms with Crippen LogP contribution in [0, 0.1) is 0 Å². The minimum Gasteiger partial charge on any atom is -0.446 e. The fourth-order valence-electron chi connectivity index (χ4n) is 3.54. The van der Waals surface area contributed by atoms with Crippen molar-refractivity contribution in [1.29, 1.82) is 0 Å². The van der Waals surface area contributed by atoms with E-state index in [2.05, 4.69) is 16.0 Å². The average Bonchev–Trinajstić information content (AvgIpc) is 2.93. The Hall–Kier alpha value is -4.61. The van der Waals surface area contributed by atoms with Gasteiger partial charge in [-0.2, -0.15) is 0 Å². The highest BCUT2D eigenvalue weighted by Crippen LogP contribution is 2.21. The lowest BCUT2D eigenvalue weighted by Crippen LogP contribution is -2.53. The number of carbonyl (C=O) groups excluding carboxylic acids is 3. The minimum absolute atomic E-state index is 0.192. The molecule has 0 aromatic heterocycles. The van der Waals surface area contributed by atoms with E-state index in [4.69, 9.17) is 23.7 Å². The molecule has 38 heavy (non-hydrogen) atoms. The molecule has 0 spiro atoms. The van der Waals surface area contributed by atoms with Crippen LogP contribution in [0.4, 0.5) is 31.4 Å². The molecule has 3 amide bonds. The second-order valence-corrected chi connectivity index (χ2v) is 8.07. The molecule has 1 unspecified atom stereocenters. The Labute approximate surface area is 219 Å². The molecule has 3 aromatic carbocycles. The molecule has 198 valence electrons. The van der Waals surface area contributed by atoms with Crippen LogP contribution in [0.2, 0.25) is 0 Å². The normalized spacial score (nSPS) is 18.5. The second-order valence-electron chi connectivity index (χ2n) is 8.07. The molecular formula is C27H27N3O8. The second kappa shape index (κ2) is 13.6. The molecule has 1 saturated heterocycles. The Balaban J connectivity index is 1.38. The van der Waals surface area contributed by atoms with Crippen LogP contribution in [0.25, 0.3) is 0 Å². The molecule has 11 nitrogen and oxygen atoms in total. The van der Waals surface area contributed by atoms with Gasteiger partial charge in [0.15, 0.2) is 6.10 Å². The number of rotatable bonds is 8. The summed E-state index contributed by atoms with van der Waals surface area (Å²) in [6, 6.07) is 26.2. The van der Waals surface area contributed by atoms with E-state index in [1.54, 1.807) is 78.9 Å². The maximum absolute atomic E-state index is 12.6. The number of para-hydroxylation sites is 3. The van der Waals surface area contributed by atoms with Crippen molar-refractivity contribution in [3.05, 3.63) is 91.0 Å². The van der Waals surface area contributed by atoms with Gasteiger partial charge in [-0.25, -0.2) is 14.4 Å². The van der Waals surface area contributed by atoms with Gasteiger partial charge in [-0.05, 0) is 36.4 Å². The fourth-order valence-corrected chi connectivity index (χ4v) is 3.54. The van der Waals surface area contributed by atoms with Crippen molar-refractivity contribution in [1.82, 2.24) is 0 Å². The van der Waals surface area contributed by atoms with Gasteiger partial charge in [-0.15, -0.1) is 0 Å². The highest BCUT2D eigenvalue weighted by atomic mass is 16.7. The Morgan fingerprint density at radius 2 is 0.974 bits per heavy atom. The molecule has 3 aromatic rings. The molecule has 11 heteroatoms. The lowest BCUT2D eigenvalue weighted by atomic mass is 10.1. The lowest BCUT2D eigenvalue weighted by molar-refractivity contribution is -0.241. The number of nitrogens with one attached hydrogen (secondary N) is 3. The summed E-state index contributed by atoms with van der Waals surface area (Å²) in [4.78, 5) is 37.2. The van der Waals surface area contributed by atoms with Gasteiger partial charge in [-0.1, -0.05) is 54.6 Å². The minimum atomic E-state index is -1.07. The Kier molecular flexibility index (Phi) is 9.49. The van der Waals surface area contributed by atoms with E-state index in [1.807, 2.05) is 12.1 Å². The molecule has 1 aliphatic heterocycles. The van der Waals surface area contributed by atoms with Crippen LogP contribution in [0.3, 0.4) is 0 Å². The van der Waals surface area contributed by atoms with Gasteiger partial charge in [0.05, 0.1) is 0 Å². The summed E-state index contributed by atoms with van der Waals surface area (Å²) in [5, 5.41) is 7.81.